The number of halogens is 1. The van der Waals surface area contributed by atoms with Gasteiger partial charge in [-0.3, -0.25) is 0 Å². The van der Waals surface area contributed by atoms with Gasteiger partial charge >= 0.3 is 0 Å². The molecular formula is C14H16ClN3O2. The molecule has 106 valence electrons. The lowest BCUT2D eigenvalue weighted by molar-refractivity contribution is 0.356. The van der Waals surface area contributed by atoms with Crippen molar-refractivity contribution in [2.45, 2.75) is 12.8 Å². The molecule has 20 heavy (non-hydrogen) atoms. The second-order valence-corrected chi connectivity index (χ2v) is 5.23. The number of fused-ring (bicyclic) bond motifs is 1. The number of hydrogen-bond acceptors (Lipinski definition) is 5. The summed E-state index contributed by atoms with van der Waals surface area (Å²) in [5.74, 6) is 2.77. The molecule has 5 nitrogen and oxygen atoms in total. The van der Waals surface area contributed by atoms with Gasteiger partial charge in [-0.1, -0.05) is 0 Å². The highest BCUT2D eigenvalue weighted by Crippen LogP contribution is 2.35. The highest BCUT2D eigenvalue weighted by atomic mass is 35.5. The van der Waals surface area contributed by atoms with Gasteiger partial charge in [0.05, 0.1) is 19.7 Å². The van der Waals surface area contributed by atoms with Gasteiger partial charge in [-0.15, -0.1) is 0 Å². The molecule has 0 saturated heterocycles. The average molecular weight is 294 g/mol. The van der Waals surface area contributed by atoms with Gasteiger partial charge in [-0.2, -0.15) is 0 Å². The maximum Gasteiger partial charge on any atom is 0.224 e. The Kier molecular flexibility index (Phi) is 3.53. The van der Waals surface area contributed by atoms with Crippen molar-refractivity contribution in [1.29, 1.82) is 0 Å². The van der Waals surface area contributed by atoms with Crippen LogP contribution >= 0.6 is 11.6 Å². The normalized spacial score (nSPS) is 14.3. The quantitative estimate of drug-likeness (QED) is 0.858. The number of ether oxygens (including phenoxy) is 2. The second-order valence-electron chi connectivity index (χ2n) is 4.89. The van der Waals surface area contributed by atoms with E-state index in [2.05, 4.69) is 15.3 Å². The highest BCUT2D eigenvalue weighted by Gasteiger charge is 2.21. The van der Waals surface area contributed by atoms with Crippen LogP contribution in [0.4, 0.5) is 5.82 Å². The number of rotatable bonds is 5. The van der Waals surface area contributed by atoms with Crippen molar-refractivity contribution in [3.63, 3.8) is 0 Å². The number of aromatic nitrogens is 2. The summed E-state index contributed by atoms with van der Waals surface area (Å²) in [6.45, 7) is 0.913. The first kappa shape index (κ1) is 13.2. The molecule has 0 unspecified atom stereocenters. The van der Waals surface area contributed by atoms with Crippen molar-refractivity contribution in [3.8, 4) is 11.5 Å². The molecule has 0 bridgehead atoms. The van der Waals surface area contributed by atoms with Gasteiger partial charge < -0.3 is 14.8 Å². The third-order valence-electron chi connectivity index (χ3n) is 3.43. The molecule has 3 rings (SSSR count). The monoisotopic (exact) mass is 293 g/mol. The number of hydrogen-bond donors (Lipinski definition) is 1. The van der Waals surface area contributed by atoms with E-state index in [9.17, 15) is 0 Å². The van der Waals surface area contributed by atoms with Crippen molar-refractivity contribution in [2.75, 3.05) is 26.1 Å². The van der Waals surface area contributed by atoms with E-state index < -0.39 is 0 Å². The van der Waals surface area contributed by atoms with E-state index in [1.165, 1.54) is 12.8 Å². The molecule has 2 aromatic rings. The van der Waals surface area contributed by atoms with Gasteiger partial charge in [0.25, 0.3) is 0 Å². The highest BCUT2D eigenvalue weighted by molar-refractivity contribution is 6.28. The number of methoxy groups -OCH3 is 2. The summed E-state index contributed by atoms with van der Waals surface area (Å²) in [5.41, 5.74) is 0.737. The maximum absolute atomic E-state index is 5.99. The molecule has 0 amide bonds. The van der Waals surface area contributed by atoms with Gasteiger partial charge in [-0.05, 0) is 36.4 Å². The summed E-state index contributed by atoms with van der Waals surface area (Å²) in [7, 11) is 3.20. The number of nitrogens with zero attached hydrogens (tertiary/aromatic N) is 2. The van der Waals surface area contributed by atoms with E-state index in [-0.39, 0.29) is 5.28 Å². The van der Waals surface area contributed by atoms with Crippen LogP contribution in [-0.2, 0) is 0 Å². The zero-order valence-electron chi connectivity index (χ0n) is 11.4. The van der Waals surface area contributed by atoms with Crippen LogP contribution in [0.15, 0.2) is 12.1 Å². The van der Waals surface area contributed by atoms with Gasteiger partial charge in [0.2, 0.25) is 5.28 Å². The third kappa shape index (κ3) is 2.58. The van der Waals surface area contributed by atoms with Gasteiger partial charge in [0.15, 0.2) is 11.5 Å². The first-order chi connectivity index (χ1) is 9.71. The molecule has 1 saturated carbocycles. The molecule has 0 atom stereocenters. The van der Waals surface area contributed by atoms with Crippen molar-refractivity contribution in [3.05, 3.63) is 17.4 Å². The first-order valence-corrected chi connectivity index (χ1v) is 6.92. The van der Waals surface area contributed by atoms with Gasteiger partial charge in [0, 0.05) is 18.0 Å². The molecule has 1 aromatic heterocycles. The summed E-state index contributed by atoms with van der Waals surface area (Å²) in [4.78, 5) is 8.52. The molecule has 1 aliphatic carbocycles. The number of nitrogens with one attached hydrogen (secondary N) is 1. The van der Waals surface area contributed by atoms with Crippen LogP contribution in [0.3, 0.4) is 0 Å². The molecule has 1 N–H and O–H groups in total. The Morgan fingerprint density at radius 2 is 1.90 bits per heavy atom. The summed E-state index contributed by atoms with van der Waals surface area (Å²) >= 11 is 5.99. The molecule has 0 spiro atoms. The zero-order valence-corrected chi connectivity index (χ0v) is 12.2. The molecular weight excluding hydrogens is 278 g/mol. The van der Waals surface area contributed by atoms with Crippen LogP contribution in [-0.4, -0.2) is 30.7 Å². The van der Waals surface area contributed by atoms with E-state index in [0.717, 1.165) is 29.2 Å². The predicted octanol–water partition coefficient (Wildman–Crippen LogP) is 3.12. The van der Waals surface area contributed by atoms with E-state index >= 15 is 0 Å². The van der Waals surface area contributed by atoms with Crippen molar-refractivity contribution >= 4 is 28.3 Å². The smallest absolute Gasteiger partial charge is 0.224 e. The fraction of sp³-hybridized carbons (Fsp3) is 0.429. The standard InChI is InChI=1S/C14H16ClN3O2/c1-19-11-5-9-10(6-12(11)20-2)17-14(15)18-13(9)16-7-8-3-4-8/h5-6,8H,3-4,7H2,1-2H3,(H,16,17,18). The summed E-state index contributed by atoms with van der Waals surface area (Å²) < 4.78 is 10.6. The van der Waals surface area contributed by atoms with Crippen LogP contribution in [0.2, 0.25) is 5.28 Å². The van der Waals surface area contributed by atoms with Crippen LogP contribution in [0, 0.1) is 5.92 Å². The predicted molar refractivity (Wildman–Crippen MR) is 78.9 cm³/mol. The van der Waals surface area contributed by atoms with Gasteiger partial charge in [0.1, 0.15) is 5.82 Å². The van der Waals surface area contributed by atoms with Crippen molar-refractivity contribution in [1.82, 2.24) is 9.97 Å². The van der Waals surface area contributed by atoms with Crippen LogP contribution in [0.25, 0.3) is 10.9 Å². The molecule has 6 heteroatoms. The summed E-state index contributed by atoms with van der Waals surface area (Å²) in [5, 5.41) is 4.45. The number of anilines is 1. The lowest BCUT2D eigenvalue weighted by atomic mass is 10.2. The van der Waals surface area contributed by atoms with Crippen LogP contribution < -0.4 is 14.8 Å². The maximum atomic E-state index is 5.99. The topological polar surface area (TPSA) is 56.3 Å². The Hall–Kier alpha value is -1.75. The minimum atomic E-state index is 0.225. The summed E-state index contributed by atoms with van der Waals surface area (Å²) in [6, 6.07) is 3.68. The fourth-order valence-electron chi connectivity index (χ4n) is 2.13. The zero-order chi connectivity index (χ0) is 14.1. The molecule has 0 aliphatic heterocycles. The fourth-order valence-corrected chi connectivity index (χ4v) is 2.30. The molecule has 0 radical (unpaired) electrons. The molecule has 1 aromatic carbocycles. The Morgan fingerprint density at radius 3 is 2.55 bits per heavy atom. The largest absolute Gasteiger partial charge is 0.493 e. The Labute approximate surface area is 122 Å². The molecule has 1 aliphatic rings. The second kappa shape index (κ2) is 5.32. The van der Waals surface area contributed by atoms with E-state index in [1.54, 1.807) is 14.2 Å². The van der Waals surface area contributed by atoms with E-state index in [1.807, 2.05) is 12.1 Å². The first-order valence-electron chi connectivity index (χ1n) is 6.54. The lowest BCUT2D eigenvalue weighted by Gasteiger charge is -2.12. The van der Waals surface area contributed by atoms with Crippen LogP contribution in [0.1, 0.15) is 12.8 Å². The van der Waals surface area contributed by atoms with Crippen LogP contribution in [0.5, 0.6) is 11.5 Å². The van der Waals surface area contributed by atoms with Crippen molar-refractivity contribution in [2.24, 2.45) is 5.92 Å². The lowest BCUT2D eigenvalue weighted by Crippen LogP contribution is -2.06. The van der Waals surface area contributed by atoms with Gasteiger partial charge in [-0.25, -0.2) is 9.97 Å². The number of benzene rings is 1. The van der Waals surface area contributed by atoms with E-state index in [0.29, 0.717) is 11.5 Å². The minimum Gasteiger partial charge on any atom is -0.493 e. The third-order valence-corrected chi connectivity index (χ3v) is 3.60. The Morgan fingerprint density at radius 1 is 1.20 bits per heavy atom. The Bertz CT molecular complexity index is 644. The molecule has 1 heterocycles. The average Bonchev–Trinajstić information content (AvgIpc) is 3.27. The molecule has 1 fully saturated rings. The van der Waals surface area contributed by atoms with E-state index in [4.69, 9.17) is 21.1 Å². The SMILES string of the molecule is COc1cc2nc(Cl)nc(NCC3CC3)c2cc1OC. The Balaban J connectivity index is 2.06. The minimum absolute atomic E-state index is 0.225. The summed E-state index contributed by atoms with van der Waals surface area (Å²) in [6.07, 6.45) is 2.56. The van der Waals surface area contributed by atoms with Crippen molar-refractivity contribution < 1.29 is 9.47 Å².